The standard InChI is InChI=1S/C22H24N4O4/c1-29-19-6-3-15(11-20(19)30-2)12-21(27)25-7-9-26(10-8-25)22(28)16-4-5-17-18(13-16)24-14-23-17/h3-6,11,13-14H,7-10,12H2,1-2H3,(H,23,24). The second-order valence-electron chi connectivity index (χ2n) is 7.17. The number of methoxy groups -OCH3 is 2. The van der Waals surface area contributed by atoms with Crippen LogP contribution >= 0.6 is 0 Å². The molecule has 4 rings (SSSR count). The van der Waals surface area contributed by atoms with Crippen molar-refractivity contribution in [3.63, 3.8) is 0 Å². The summed E-state index contributed by atoms with van der Waals surface area (Å²) in [7, 11) is 3.15. The van der Waals surface area contributed by atoms with Crippen LogP contribution in [0.3, 0.4) is 0 Å². The van der Waals surface area contributed by atoms with Gasteiger partial charge in [-0.2, -0.15) is 0 Å². The van der Waals surface area contributed by atoms with Crippen molar-refractivity contribution >= 4 is 22.8 Å². The fourth-order valence-corrected chi connectivity index (χ4v) is 3.69. The molecular weight excluding hydrogens is 384 g/mol. The number of nitrogens with one attached hydrogen (secondary N) is 1. The van der Waals surface area contributed by atoms with Gasteiger partial charge < -0.3 is 24.3 Å². The Morgan fingerprint density at radius 3 is 2.43 bits per heavy atom. The predicted octanol–water partition coefficient (Wildman–Crippen LogP) is 2.11. The van der Waals surface area contributed by atoms with Gasteiger partial charge in [0.25, 0.3) is 5.91 Å². The molecule has 30 heavy (non-hydrogen) atoms. The summed E-state index contributed by atoms with van der Waals surface area (Å²) < 4.78 is 10.5. The van der Waals surface area contributed by atoms with E-state index in [9.17, 15) is 9.59 Å². The first-order chi connectivity index (χ1) is 14.6. The predicted molar refractivity (Wildman–Crippen MR) is 112 cm³/mol. The molecule has 1 saturated heterocycles. The zero-order valence-corrected chi connectivity index (χ0v) is 17.1. The highest BCUT2D eigenvalue weighted by molar-refractivity contribution is 5.97. The van der Waals surface area contributed by atoms with Crippen molar-refractivity contribution in [2.75, 3.05) is 40.4 Å². The summed E-state index contributed by atoms with van der Waals surface area (Å²) >= 11 is 0. The van der Waals surface area contributed by atoms with Crippen molar-refractivity contribution in [1.29, 1.82) is 0 Å². The molecule has 156 valence electrons. The number of ether oxygens (including phenoxy) is 2. The number of aromatic nitrogens is 2. The average molecular weight is 408 g/mol. The molecule has 2 aromatic carbocycles. The number of imidazole rings is 1. The third-order valence-corrected chi connectivity index (χ3v) is 5.39. The number of hydrogen-bond donors (Lipinski definition) is 1. The molecular formula is C22H24N4O4. The fourth-order valence-electron chi connectivity index (χ4n) is 3.69. The Morgan fingerprint density at radius 1 is 0.967 bits per heavy atom. The number of H-pyrrole nitrogens is 1. The van der Waals surface area contributed by atoms with Gasteiger partial charge in [-0.25, -0.2) is 4.98 Å². The van der Waals surface area contributed by atoms with E-state index in [1.165, 1.54) is 0 Å². The number of amides is 2. The molecule has 1 aliphatic heterocycles. The van der Waals surface area contributed by atoms with Crippen LogP contribution in [-0.2, 0) is 11.2 Å². The number of benzene rings is 2. The molecule has 1 fully saturated rings. The van der Waals surface area contributed by atoms with Gasteiger partial charge >= 0.3 is 0 Å². The molecule has 0 bridgehead atoms. The molecule has 2 heterocycles. The number of aromatic amines is 1. The SMILES string of the molecule is COc1ccc(CC(=O)N2CCN(C(=O)c3ccc4nc[nH]c4c3)CC2)cc1OC. The minimum atomic E-state index is -0.0292. The normalized spacial score (nSPS) is 14.1. The van der Waals surface area contributed by atoms with Crippen molar-refractivity contribution in [2.24, 2.45) is 0 Å². The largest absolute Gasteiger partial charge is 0.493 e. The zero-order valence-electron chi connectivity index (χ0n) is 17.1. The van der Waals surface area contributed by atoms with E-state index in [1.807, 2.05) is 24.3 Å². The molecule has 0 unspecified atom stereocenters. The van der Waals surface area contributed by atoms with Crippen molar-refractivity contribution < 1.29 is 19.1 Å². The Bertz CT molecular complexity index is 1070. The monoisotopic (exact) mass is 408 g/mol. The summed E-state index contributed by atoms with van der Waals surface area (Å²) in [5.41, 5.74) is 3.16. The van der Waals surface area contributed by atoms with E-state index in [0.29, 0.717) is 43.2 Å². The van der Waals surface area contributed by atoms with Crippen LogP contribution in [-0.4, -0.2) is 72.0 Å². The molecule has 0 atom stereocenters. The number of nitrogens with zero attached hydrogens (tertiary/aromatic N) is 3. The van der Waals surface area contributed by atoms with Gasteiger partial charge in [-0.15, -0.1) is 0 Å². The highest BCUT2D eigenvalue weighted by Gasteiger charge is 2.25. The molecule has 3 aromatic rings. The molecule has 0 saturated carbocycles. The number of hydrogen-bond acceptors (Lipinski definition) is 5. The van der Waals surface area contributed by atoms with Gasteiger partial charge in [-0.05, 0) is 35.9 Å². The first-order valence-corrected chi connectivity index (χ1v) is 9.80. The van der Waals surface area contributed by atoms with E-state index in [1.54, 1.807) is 42.5 Å². The molecule has 0 spiro atoms. The molecule has 0 radical (unpaired) electrons. The molecule has 1 aliphatic rings. The lowest BCUT2D eigenvalue weighted by molar-refractivity contribution is -0.131. The summed E-state index contributed by atoms with van der Waals surface area (Å²) in [6, 6.07) is 10.9. The molecule has 2 amide bonds. The Kier molecular flexibility index (Phi) is 5.56. The van der Waals surface area contributed by atoms with E-state index in [-0.39, 0.29) is 18.2 Å². The van der Waals surface area contributed by atoms with Crippen LogP contribution in [0, 0.1) is 0 Å². The summed E-state index contributed by atoms with van der Waals surface area (Å²) in [6.07, 6.45) is 1.90. The maximum absolute atomic E-state index is 12.8. The molecule has 8 nitrogen and oxygen atoms in total. The summed E-state index contributed by atoms with van der Waals surface area (Å²) in [4.78, 5) is 36.3. The first-order valence-electron chi connectivity index (χ1n) is 9.80. The molecule has 8 heteroatoms. The third kappa shape index (κ3) is 3.94. The Balaban J connectivity index is 1.35. The summed E-state index contributed by atoms with van der Waals surface area (Å²) in [5, 5.41) is 0. The third-order valence-electron chi connectivity index (χ3n) is 5.39. The maximum atomic E-state index is 12.8. The topological polar surface area (TPSA) is 87.8 Å². The fraction of sp³-hybridized carbons (Fsp3) is 0.318. The summed E-state index contributed by atoms with van der Waals surface area (Å²) in [6.45, 7) is 2.06. The second kappa shape index (κ2) is 8.44. The lowest BCUT2D eigenvalue weighted by Crippen LogP contribution is -2.51. The van der Waals surface area contributed by atoms with E-state index < -0.39 is 0 Å². The lowest BCUT2D eigenvalue weighted by atomic mass is 10.1. The van der Waals surface area contributed by atoms with Gasteiger partial charge in [0.15, 0.2) is 11.5 Å². The number of rotatable bonds is 5. The van der Waals surface area contributed by atoms with Crippen LogP contribution in [0.1, 0.15) is 15.9 Å². The Morgan fingerprint density at radius 2 is 1.70 bits per heavy atom. The van der Waals surface area contributed by atoms with E-state index in [2.05, 4.69) is 9.97 Å². The molecule has 1 aromatic heterocycles. The van der Waals surface area contributed by atoms with Crippen LogP contribution in [0.25, 0.3) is 11.0 Å². The van der Waals surface area contributed by atoms with Gasteiger partial charge in [0.2, 0.25) is 5.91 Å². The molecule has 1 N–H and O–H groups in total. The van der Waals surface area contributed by atoms with E-state index in [0.717, 1.165) is 16.6 Å². The zero-order chi connectivity index (χ0) is 21.1. The number of carbonyl (C=O) groups excluding carboxylic acids is 2. The minimum Gasteiger partial charge on any atom is -0.493 e. The number of carbonyl (C=O) groups is 2. The Labute approximate surface area is 174 Å². The number of piperazine rings is 1. The molecule has 0 aliphatic carbocycles. The van der Waals surface area contributed by atoms with Gasteiger partial charge in [0, 0.05) is 31.7 Å². The van der Waals surface area contributed by atoms with Crippen LogP contribution in [0.4, 0.5) is 0 Å². The average Bonchev–Trinajstić information content (AvgIpc) is 3.26. The highest BCUT2D eigenvalue weighted by Crippen LogP contribution is 2.28. The maximum Gasteiger partial charge on any atom is 0.254 e. The van der Waals surface area contributed by atoms with Crippen molar-refractivity contribution in [2.45, 2.75) is 6.42 Å². The van der Waals surface area contributed by atoms with E-state index >= 15 is 0 Å². The first kappa shape index (κ1) is 19.8. The second-order valence-corrected chi connectivity index (χ2v) is 7.17. The van der Waals surface area contributed by atoms with Crippen LogP contribution < -0.4 is 9.47 Å². The highest BCUT2D eigenvalue weighted by atomic mass is 16.5. The Hall–Kier alpha value is -3.55. The van der Waals surface area contributed by atoms with Crippen molar-refractivity contribution in [3.8, 4) is 11.5 Å². The van der Waals surface area contributed by atoms with Crippen molar-refractivity contribution in [1.82, 2.24) is 19.8 Å². The van der Waals surface area contributed by atoms with Crippen molar-refractivity contribution in [3.05, 3.63) is 53.9 Å². The van der Waals surface area contributed by atoms with Crippen LogP contribution in [0.2, 0.25) is 0 Å². The quantitative estimate of drug-likeness (QED) is 0.699. The minimum absolute atomic E-state index is 0.0292. The van der Waals surface area contributed by atoms with Gasteiger partial charge in [-0.1, -0.05) is 6.07 Å². The van der Waals surface area contributed by atoms with Crippen LogP contribution in [0.15, 0.2) is 42.7 Å². The van der Waals surface area contributed by atoms with Gasteiger partial charge in [0.1, 0.15) is 0 Å². The number of fused-ring (bicyclic) bond motifs is 1. The van der Waals surface area contributed by atoms with Crippen LogP contribution in [0.5, 0.6) is 11.5 Å². The lowest BCUT2D eigenvalue weighted by Gasteiger charge is -2.35. The van der Waals surface area contributed by atoms with E-state index in [4.69, 9.17) is 9.47 Å². The van der Waals surface area contributed by atoms with Gasteiger partial charge in [0.05, 0.1) is 38.0 Å². The summed E-state index contributed by atoms with van der Waals surface area (Å²) in [5.74, 6) is 1.24. The van der Waals surface area contributed by atoms with Gasteiger partial charge in [-0.3, -0.25) is 9.59 Å². The smallest absolute Gasteiger partial charge is 0.254 e.